The van der Waals surface area contributed by atoms with Gasteiger partial charge in [-0.05, 0) is 37.3 Å². The molecule has 5 nitrogen and oxygen atoms in total. The van der Waals surface area contributed by atoms with E-state index in [1.54, 1.807) is 22.5 Å². The molecule has 0 aliphatic heterocycles. The van der Waals surface area contributed by atoms with Crippen molar-refractivity contribution in [3.05, 3.63) is 88.2 Å². The maximum atomic E-state index is 12.8. The first-order valence-electron chi connectivity index (χ1n) is 10.1. The van der Waals surface area contributed by atoms with E-state index < -0.39 is 0 Å². The Balaban J connectivity index is 1.40. The quantitative estimate of drug-likeness (QED) is 0.442. The minimum absolute atomic E-state index is 0.126. The SMILES string of the molecule is Cc1ccc(CSc2nc3nc4c(cn3n2)C(=O)C[C@@H](c2cccc(C)c2)C4)cc1. The van der Waals surface area contributed by atoms with Crippen molar-refractivity contribution < 1.29 is 4.79 Å². The van der Waals surface area contributed by atoms with E-state index in [2.05, 4.69) is 72.5 Å². The highest BCUT2D eigenvalue weighted by molar-refractivity contribution is 7.98. The smallest absolute Gasteiger partial charge is 0.253 e. The summed E-state index contributed by atoms with van der Waals surface area (Å²) in [6.45, 7) is 4.16. The van der Waals surface area contributed by atoms with Gasteiger partial charge in [0.05, 0.1) is 11.3 Å². The Labute approximate surface area is 179 Å². The second-order valence-electron chi connectivity index (χ2n) is 7.96. The van der Waals surface area contributed by atoms with Crippen LogP contribution in [0.3, 0.4) is 0 Å². The van der Waals surface area contributed by atoms with Crippen molar-refractivity contribution in [2.75, 3.05) is 0 Å². The first-order chi connectivity index (χ1) is 14.5. The van der Waals surface area contributed by atoms with Gasteiger partial charge in [-0.2, -0.15) is 4.98 Å². The Morgan fingerprint density at radius 1 is 1.03 bits per heavy atom. The molecule has 0 N–H and O–H groups in total. The number of aryl methyl sites for hydroxylation is 2. The number of Topliss-reactive ketones (excluding diaryl/α,β-unsaturated/α-hetero) is 1. The molecule has 150 valence electrons. The normalized spacial score (nSPS) is 16.1. The number of aromatic nitrogens is 4. The van der Waals surface area contributed by atoms with Gasteiger partial charge in [0.25, 0.3) is 5.78 Å². The lowest BCUT2D eigenvalue weighted by Gasteiger charge is -2.23. The Morgan fingerprint density at radius 3 is 2.67 bits per heavy atom. The molecule has 1 atom stereocenters. The summed E-state index contributed by atoms with van der Waals surface area (Å²) in [4.78, 5) is 22.1. The van der Waals surface area contributed by atoms with E-state index in [9.17, 15) is 4.79 Å². The Kier molecular flexibility index (Phi) is 4.87. The number of carbonyl (C=O) groups excluding carboxylic acids is 1. The summed E-state index contributed by atoms with van der Waals surface area (Å²) >= 11 is 1.58. The lowest BCUT2D eigenvalue weighted by atomic mass is 9.82. The number of benzene rings is 2. The maximum Gasteiger partial charge on any atom is 0.253 e. The Hall–Kier alpha value is -2.99. The van der Waals surface area contributed by atoms with Crippen LogP contribution in [0, 0.1) is 13.8 Å². The third kappa shape index (κ3) is 3.75. The van der Waals surface area contributed by atoms with Gasteiger partial charge in [-0.1, -0.05) is 71.4 Å². The van der Waals surface area contributed by atoms with Crippen LogP contribution in [0.1, 0.15) is 50.6 Å². The van der Waals surface area contributed by atoms with Crippen molar-refractivity contribution in [1.82, 2.24) is 19.6 Å². The summed E-state index contributed by atoms with van der Waals surface area (Å²) in [6, 6.07) is 16.9. The van der Waals surface area contributed by atoms with Gasteiger partial charge in [0.15, 0.2) is 5.78 Å². The van der Waals surface area contributed by atoms with E-state index >= 15 is 0 Å². The van der Waals surface area contributed by atoms with Gasteiger partial charge in [0, 0.05) is 18.4 Å². The fourth-order valence-corrected chi connectivity index (χ4v) is 4.70. The molecule has 5 rings (SSSR count). The van der Waals surface area contributed by atoms with E-state index in [0.717, 1.165) is 17.9 Å². The van der Waals surface area contributed by atoms with Crippen LogP contribution < -0.4 is 0 Å². The molecular formula is C24H22N4OS. The molecular weight excluding hydrogens is 392 g/mol. The monoisotopic (exact) mass is 414 g/mol. The van der Waals surface area contributed by atoms with E-state index in [1.807, 2.05) is 0 Å². The standard InChI is InChI=1S/C24H22N4OS/c1-15-6-8-17(9-7-15)14-30-24-26-23-25-21-11-19(18-5-3-4-16(2)10-18)12-22(29)20(21)13-28(23)27-24/h3-10,13,19H,11-12,14H2,1-2H3/t19-/m0/s1. The van der Waals surface area contributed by atoms with Crippen molar-refractivity contribution in [3.63, 3.8) is 0 Å². The average Bonchev–Trinajstić information content (AvgIpc) is 3.14. The molecule has 1 aliphatic rings. The molecule has 30 heavy (non-hydrogen) atoms. The first-order valence-corrected chi connectivity index (χ1v) is 11.1. The summed E-state index contributed by atoms with van der Waals surface area (Å²) in [5.41, 5.74) is 6.39. The number of hydrogen-bond donors (Lipinski definition) is 0. The van der Waals surface area contributed by atoms with Crippen LogP contribution >= 0.6 is 11.8 Å². The van der Waals surface area contributed by atoms with Crippen LogP contribution in [0.15, 0.2) is 59.9 Å². The highest BCUT2D eigenvalue weighted by atomic mass is 32.2. The summed E-state index contributed by atoms with van der Waals surface area (Å²) in [6.07, 6.45) is 3.06. The molecule has 2 aromatic heterocycles. The minimum atomic E-state index is 0.126. The van der Waals surface area contributed by atoms with E-state index in [4.69, 9.17) is 4.98 Å². The maximum absolute atomic E-state index is 12.8. The fraction of sp³-hybridized carbons (Fsp3) is 0.250. The molecule has 2 heterocycles. The third-order valence-electron chi connectivity index (χ3n) is 5.57. The van der Waals surface area contributed by atoms with Gasteiger partial charge >= 0.3 is 0 Å². The van der Waals surface area contributed by atoms with Crippen LogP contribution in [-0.4, -0.2) is 25.4 Å². The highest BCUT2D eigenvalue weighted by Crippen LogP contribution is 2.32. The highest BCUT2D eigenvalue weighted by Gasteiger charge is 2.28. The van der Waals surface area contributed by atoms with Gasteiger partial charge in [0.2, 0.25) is 5.16 Å². The van der Waals surface area contributed by atoms with Crippen LogP contribution in [-0.2, 0) is 12.2 Å². The van der Waals surface area contributed by atoms with Gasteiger partial charge in [-0.25, -0.2) is 9.50 Å². The molecule has 4 aromatic rings. The molecule has 0 radical (unpaired) electrons. The van der Waals surface area contributed by atoms with Crippen molar-refractivity contribution >= 4 is 23.3 Å². The molecule has 0 saturated carbocycles. The molecule has 0 unspecified atom stereocenters. The summed E-state index contributed by atoms with van der Waals surface area (Å²) in [5.74, 6) is 1.64. The molecule has 0 bridgehead atoms. The van der Waals surface area contributed by atoms with Crippen LogP contribution in [0.25, 0.3) is 5.78 Å². The van der Waals surface area contributed by atoms with Gasteiger partial charge in [-0.15, -0.1) is 5.10 Å². The second-order valence-corrected chi connectivity index (χ2v) is 8.90. The number of ketones is 1. The van der Waals surface area contributed by atoms with Crippen molar-refractivity contribution in [2.45, 2.75) is 43.5 Å². The zero-order chi connectivity index (χ0) is 20.7. The summed E-state index contributed by atoms with van der Waals surface area (Å²) < 4.78 is 1.64. The van der Waals surface area contributed by atoms with Crippen LogP contribution in [0.2, 0.25) is 0 Å². The number of nitrogens with zero attached hydrogens (tertiary/aromatic N) is 4. The molecule has 6 heteroatoms. The van der Waals surface area contributed by atoms with Crippen molar-refractivity contribution in [1.29, 1.82) is 0 Å². The Bertz CT molecular complexity index is 1250. The topological polar surface area (TPSA) is 60.1 Å². The molecule has 2 aromatic carbocycles. The zero-order valence-electron chi connectivity index (χ0n) is 17.0. The minimum Gasteiger partial charge on any atom is -0.294 e. The van der Waals surface area contributed by atoms with Gasteiger partial charge in [-0.3, -0.25) is 4.79 Å². The average molecular weight is 415 g/mol. The molecule has 1 aliphatic carbocycles. The number of hydrogen-bond acceptors (Lipinski definition) is 5. The summed E-state index contributed by atoms with van der Waals surface area (Å²) in [5, 5.41) is 5.20. The summed E-state index contributed by atoms with van der Waals surface area (Å²) in [7, 11) is 0. The first kappa shape index (κ1) is 19.0. The Morgan fingerprint density at radius 2 is 1.87 bits per heavy atom. The molecule has 0 amide bonds. The van der Waals surface area contributed by atoms with Gasteiger partial charge in [0.1, 0.15) is 0 Å². The van der Waals surface area contributed by atoms with Gasteiger partial charge < -0.3 is 0 Å². The number of thioether (sulfide) groups is 1. The lowest BCUT2D eigenvalue weighted by Crippen LogP contribution is -2.21. The lowest BCUT2D eigenvalue weighted by molar-refractivity contribution is 0.0962. The number of rotatable bonds is 4. The van der Waals surface area contributed by atoms with Crippen LogP contribution in [0.4, 0.5) is 0 Å². The predicted molar refractivity (Wildman–Crippen MR) is 118 cm³/mol. The van der Waals surface area contributed by atoms with Crippen molar-refractivity contribution in [2.24, 2.45) is 0 Å². The van der Waals surface area contributed by atoms with E-state index in [0.29, 0.717) is 22.9 Å². The predicted octanol–water partition coefficient (Wildman–Crippen LogP) is 4.95. The zero-order valence-corrected chi connectivity index (χ0v) is 17.8. The fourth-order valence-electron chi connectivity index (χ4n) is 3.92. The van der Waals surface area contributed by atoms with Crippen molar-refractivity contribution in [3.8, 4) is 0 Å². The third-order valence-corrected chi connectivity index (χ3v) is 6.47. The molecule has 0 spiro atoms. The largest absolute Gasteiger partial charge is 0.294 e. The number of fused-ring (bicyclic) bond motifs is 2. The van der Waals surface area contributed by atoms with E-state index in [-0.39, 0.29) is 11.7 Å². The molecule has 0 saturated heterocycles. The second kappa shape index (κ2) is 7.69. The number of carbonyl (C=O) groups is 1. The molecule has 0 fully saturated rings. The van der Waals surface area contributed by atoms with E-state index in [1.165, 1.54) is 22.3 Å². The van der Waals surface area contributed by atoms with Crippen LogP contribution in [0.5, 0.6) is 0 Å².